The van der Waals surface area contributed by atoms with E-state index in [1.807, 2.05) is 34.4 Å². The highest BCUT2D eigenvalue weighted by molar-refractivity contribution is 9.10. The number of sulfonamides is 1. The third kappa shape index (κ3) is 4.20. The molecule has 0 bridgehead atoms. The minimum Gasteiger partial charge on any atom is -0.340 e. The standard InChI is InChI=1S/C20H15BrN4O3S2/c1-12(26)25-30(27,28)16-8-6-15(7-9-16)24-19-18-17(10-29-20(18)23-11-22-19)13-2-4-14(21)5-3-13/h2-11H,1H3,(H,25,26)(H,22,23,24). The van der Waals surface area contributed by atoms with E-state index in [1.165, 1.54) is 29.8 Å². The fourth-order valence-corrected chi connectivity index (χ4v) is 5.09. The Morgan fingerprint density at radius 2 is 1.73 bits per heavy atom. The van der Waals surface area contributed by atoms with Gasteiger partial charge in [-0.1, -0.05) is 28.1 Å². The number of anilines is 2. The molecule has 152 valence electrons. The smallest absolute Gasteiger partial charge is 0.264 e. The highest BCUT2D eigenvalue weighted by atomic mass is 79.9. The summed E-state index contributed by atoms with van der Waals surface area (Å²) in [5.74, 6) is -0.0184. The topological polar surface area (TPSA) is 101 Å². The zero-order valence-electron chi connectivity index (χ0n) is 15.6. The van der Waals surface area contributed by atoms with Gasteiger partial charge >= 0.3 is 0 Å². The van der Waals surface area contributed by atoms with E-state index in [1.54, 1.807) is 12.1 Å². The molecule has 0 saturated carbocycles. The minimum absolute atomic E-state index is 0.00201. The highest BCUT2D eigenvalue weighted by Crippen LogP contribution is 2.37. The number of thiophene rings is 1. The quantitative estimate of drug-likeness (QED) is 0.410. The molecule has 7 nitrogen and oxygen atoms in total. The van der Waals surface area contributed by atoms with Gasteiger partial charge in [-0.2, -0.15) is 0 Å². The Labute approximate surface area is 185 Å². The molecular weight excluding hydrogens is 488 g/mol. The summed E-state index contributed by atoms with van der Waals surface area (Å²) >= 11 is 4.98. The van der Waals surface area contributed by atoms with Crippen LogP contribution in [-0.2, 0) is 14.8 Å². The Kier molecular flexibility index (Phi) is 5.54. The van der Waals surface area contributed by atoms with Crippen LogP contribution in [0.3, 0.4) is 0 Å². The number of hydrogen-bond donors (Lipinski definition) is 2. The maximum Gasteiger partial charge on any atom is 0.264 e. The number of nitrogens with one attached hydrogen (secondary N) is 2. The van der Waals surface area contributed by atoms with Crippen LogP contribution in [0.2, 0.25) is 0 Å². The number of nitrogens with zero attached hydrogens (tertiary/aromatic N) is 2. The first-order valence-corrected chi connectivity index (χ1v) is 11.9. The van der Waals surface area contributed by atoms with Crippen LogP contribution in [0.4, 0.5) is 11.5 Å². The first kappa shape index (κ1) is 20.5. The summed E-state index contributed by atoms with van der Waals surface area (Å²) in [4.78, 5) is 20.7. The molecule has 0 aliphatic heterocycles. The van der Waals surface area contributed by atoms with E-state index in [4.69, 9.17) is 0 Å². The lowest BCUT2D eigenvalue weighted by molar-refractivity contribution is -0.117. The Bertz CT molecular complexity index is 1340. The molecule has 0 atom stereocenters. The van der Waals surface area contributed by atoms with Crippen molar-refractivity contribution in [3.05, 3.63) is 64.7 Å². The summed E-state index contributed by atoms with van der Waals surface area (Å²) in [5.41, 5.74) is 2.71. The van der Waals surface area contributed by atoms with Crippen molar-refractivity contribution in [1.82, 2.24) is 14.7 Å². The second kappa shape index (κ2) is 8.13. The van der Waals surface area contributed by atoms with E-state index in [0.717, 1.165) is 32.7 Å². The van der Waals surface area contributed by atoms with Crippen LogP contribution in [0.5, 0.6) is 0 Å². The summed E-state index contributed by atoms with van der Waals surface area (Å²) in [7, 11) is -3.88. The van der Waals surface area contributed by atoms with Crippen molar-refractivity contribution >= 4 is 64.9 Å². The third-order valence-corrected chi connectivity index (χ3v) is 7.09. The van der Waals surface area contributed by atoms with E-state index < -0.39 is 15.9 Å². The van der Waals surface area contributed by atoms with E-state index in [0.29, 0.717) is 11.5 Å². The summed E-state index contributed by atoms with van der Waals surface area (Å²) < 4.78 is 27.1. The average Bonchev–Trinajstić information content (AvgIpc) is 3.13. The normalized spacial score (nSPS) is 11.4. The monoisotopic (exact) mass is 502 g/mol. The number of hydrogen-bond acceptors (Lipinski definition) is 7. The molecule has 0 aliphatic rings. The van der Waals surface area contributed by atoms with Crippen molar-refractivity contribution in [2.45, 2.75) is 11.8 Å². The van der Waals surface area contributed by atoms with Gasteiger partial charge in [0.2, 0.25) is 5.91 Å². The molecule has 0 spiro atoms. The summed E-state index contributed by atoms with van der Waals surface area (Å²) in [6.45, 7) is 1.15. The van der Waals surface area contributed by atoms with Crippen LogP contribution in [0, 0.1) is 0 Å². The minimum atomic E-state index is -3.88. The predicted molar refractivity (Wildman–Crippen MR) is 121 cm³/mol. The second-order valence-electron chi connectivity index (χ2n) is 6.37. The molecule has 2 aromatic carbocycles. The Morgan fingerprint density at radius 1 is 1.03 bits per heavy atom. The zero-order chi connectivity index (χ0) is 21.3. The number of halogens is 1. The summed E-state index contributed by atoms with van der Waals surface area (Å²) in [5, 5.41) is 6.17. The number of carbonyl (C=O) groups excluding carboxylic acids is 1. The first-order valence-electron chi connectivity index (χ1n) is 8.72. The molecule has 0 aliphatic carbocycles. The van der Waals surface area contributed by atoms with Crippen molar-refractivity contribution in [1.29, 1.82) is 0 Å². The number of carbonyl (C=O) groups is 1. The molecule has 30 heavy (non-hydrogen) atoms. The molecule has 1 amide bonds. The van der Waals surface area contributed by atoms with Crippen molar-refractivity contribution in [3.8, 4) is 11.1 Å². The van der Waals surface area contributed by atoms with E-state index >= 15 is 0 Å². The van der Waals surface area contributed by atoms with Gasteiger partial charge in [-0.3, -0.25) is 4.79 Å². The van der Waals surface area contributed by atoms with Gasteiger partial charge in [0.15, 0.2) is 0 Å². The lowest BCUT2D eigenvalue weighted by Gasteiger charge is -2.10. The van der Waals surface area contributed by atoms with Crippen molar-refractivity contribution in [3.63, 3.8) is 0 Å². The van der Waals surface area contributed by atoms with Crippen LogP contribution in [-0.4, -0.2) is 24.3 Å². The van der Waals surface area contributed by atoms with E-state index in [-0.39, 0.29) is 4.90 Å². The molecule has 0 unspecified atom stereocenters. The van der Waals surface area contributed by atoms with E-state index in [9.17, 15) is 13.2 Å². The fourth-order valence-electron chi connectivity index (χ4n) is 2.91. The van der Waals surface area contributed by atoms with Crippen LogP contribution in [0.15, 0.2) is 69.6 Å². The largest absolute Gasteiger partial charge is 0.340 e. The van der Waals surface area contributed by atoms with Crippen LogP contribution >= 0.6 is 27.3 Å². The molecule has 2 aromatic heterocycles. The van der Waals surface area contributed by atoms with Gasteiger partial charge in [-0.15, -0.1) is 11.3 Å². The predicted octanol–water partition coefficient (Wildman–Crippen LogP) is 4.69. The second-order valence-corrected chi connectivity index (χ2v) is 9.83. The lowest BCUT2D eigenvalue weighted by atomic mass is 10.1. The molecule has 0 radical (unpaired) electrons. The SMILES string of the molecule is CC(=O)NS(=O)(=O)c1ccc(Nc2ncnc3scc(-c4ccc(Br)cc4)c23)cc1. The van der Waals surface area contributed by atoms with Gasteiger partial charge in [-0.05, 0) is 42.0 Å². The third-order valence-electron chi connectivity index (χ3n) is 4.23. The van der Waals surface area contributed by atoms with E-state index in [2.05, 4.69) is 31.2 Å². The highest BCUT2D eigenvalue weighted by Gasteiger charge is 2.16. The Balaban J connectivity index is 1.68. The van der Waals surface area contributed by atoms with Gasteiger partial charge < -0.3 is 5.32 Å². The molecule has 2 heterocycles. The number of amides is 1. The fraction of sp³-hybridized carbons (Fsp3) is 0.0500. The van der Waals surface area contributed by atoms with Crippen molar-refractivity contribution in [2.75, 3.05) is 5.32 Å². The first-order chi connectivity index (χ1) is 14.3. The van der Waals surface area contributed by atoms with Crippen LogP contribution < -0.4 is 10.0 Å². The molecule has 4 rings (SSSR count). The number of fused-ring (bicyclic) bond motifs is 1. The molecule has 0 saturated heterocycles. The zero-order valence-corrected chi connectivity index (χ0v) is 18.8. The molecule has 10 heteroatoms. The van der Waals surface area contributed by atoms with Crippen LogP contribution in [0.1, 0.15) is 6.92 Å². The van der Waals surface area contributed by atoms with Gasteiger partial charge in [0.1, 0.15) is 17.0 Å². The Hall–Kier alpha value is -2.82. The molecular formula is C20H15BrN4O3S2. The molecule has 2 N–H and O–H groups in total. The average molecular weight is 503 g/mol. The van der Waals surface area contributed by atoms with Gasteiger partial charge in [0, 0.05) is 28.0 Å². The van der Waals surface area contributed by atoms with Gasteiger partial charge in [0.25, 0.3) is 10.0 Å². The van der Waals surface area contributed by atoms with Crippen molar-refractivity contribution < 1.29 is 13.2 Å². The summed E-state index contributed by atoms with van der Waals surface area (Å²) in [6.07, 6.45) is 1.49. The maximum atomic E-state index is 12.1. The van der Waals surface area contributed by atoms with Crippen LogP contribution in [0.25, 0.3) is 21.3 Å². The van der Waals surface area contributed by atoms with Crippen molar-refractivity contribution in [2.24, 2.45) is 0 Å². The number of benzene rings is 2. The lowest BCUT2D eigenvalue weighted by Crippen LogP contribution is -2.28. The number of aromatic nitrogens is 2. The maximum absolute atomic E-state index is 12.1. The Morgan fingerprint density at radius 3 is 2.40 bits per heavy atom. The molecule has 0 fully saturated rings. The van der Waals surface area contributed by atoms with Gasteiger partial charge in [-0.25, -0.2) is 23.1 Å². The van der Waals surface area contributed by atoms with Gasteiger partial charge in [0.05, 0.1) is 10.3 Å². The molecule has 4 aromatic rings. The summed E-state index contributed by atoms with van der Waals surface area (Å²) in [6, 6.07) is 14.1. The number of rotatable bonds is 5.